The average Bonchev–Trinajstić information content (AvgIpc) is 2.58. The summed E-state index contributed by atoms with van der Waals surface area (Å²) in [5.74, 6) is -0.138. The minimum atomic E-state index is -0.138. The van der Waals surface area contributed by atoms with E-state index < -0.39 is 0 Å². The number of hydrogen-bond acceptors (Lipinski definition) is 2. The van der Waals surface area contributed by atoms with Crippen LogP contribution in [-0.4, -0.2) is 18.0 Å². The van der Waals surface area contributed by atoms with E-state index in [0.717, 1.165) is 25.7 Å². The number of carbonyl (C=O) groups excluding carboxylic acids is 1. The van der Waals surface area contributed by atoms with E-state index in [4.69, 9.17) is 28.9 Å². The van der Waals surface area contributed by atoms with Crippen LogP contribution in [0.1, 0.15) is 42.5 Å². The summed E-state index contributed by atoms with van der Waals surface area (Å²) in [7, 11) is 0. The van der Waals surface area contributed by atoms with Crippen molar-refractivity contribution < 1.29 is 4.79 Å². The highest BCUT2D eigenvalue weighted by molar-refractivity contribution is 6.42. The SMILES string of the molecule is NC1CCCCCC1NC(=O)c1ccc(Cl)c(Cl)c1. The third kappa shape index (κ3) is 3.85. The molecule has 3 N–H and O–H groups in total. The molecule has 0 radical (unpaired) electrons. The Morgan fingerprint density at radius 1 is 1.16 bits per heavy atom. The predicted molar refractivity (Wildman–Crippen MR) is 78.8 cm³/mol. The number of amides is 1. The standard InChI is InChI=1S/C14H18Cl2N2O/c15-10-7-6-9(8-11(10)16)14(19)18-13-5-3-1-2-4-12(13)17/h6-8,12-13H,1-5,17H2,(H,18,19). The third-order valence-corrected chi connectivity index (χ3v) is 4.31. The summed E-state index contributed by atoms with van der Waals surface area (Å²) in [5.41, 5.74) is 6.62. The Morgan fingerprint density at radius 2 is 1.89 bits per heavy atom. The van der Waals surface area contributed by atoms with Crippen molar-refractivity contribution in [2.75, 3.05) is 0 Å². The zero-order valence-corrected chi connectivity index (χ0v) is 12.2. The van der Waals surface area contributed by atoms with Gasteiger partial charge in [0.1, 0.15) is 0 Å². The highest BCUT2D eigenvalue weighted by atomic mass is 35.5. The summed E-state index contributed by atoms with van der Waals surface area (Å²) in [6, 6.07) is 4.97. The van der Waals surface area contributed by atoms with Crippen molar-refractivity contribution in [3.8, 4) is 0 Å². The molecule has 1 aliphatic rings. The number of rotatable bonds is 2. The third-order valence-electron chi connectivity index (χ3n) is 3.57. The number of nitrogens with one attached hydrogen (secondary N) is 1. The zero-order valence-electron chi connectivity index (χ0n) is 10.7. The fourth-order valence-corrected chi connectivity index (χ4v) is 2.70. The monoisotopic (exact) mass is 300 g/mol. The number of halogens is 2. The molecule has 0 aromatic heterocycles. The Balaban J connectivity index is 2.05. The quantitative estimate of drug-likeness (QED) is 0.823. The molecule has 0 spiro atoms. The topological polar surface area (TPSA) is 55.1 Å². The summed E-state index contributed by atoms with van der Waals surface area (Å²) in [6.07, 6.45) is 5.34. The van der Waals surface area contributed by atoms with Gasteiger partial charge in [0.2, 0.25) is 0 Å². The van der Waals surface area contributed by atoms with Crippen LogP contribution in [0.25, 0.3) is 0 Å². The van der Waals surface area contributed by atoms with Crippen LogP contribution < -0.4 is 11.1 Å². The Morgan fingerprint density at radius 3 is 2.63 bits per heavy atom. The second-order valence-corrected chi connectivity index (χ2v) is 5.83. The zero-order chi connectivity index (χ0) is 13.8. The molecule has 1 aromatic rings. The Bertz CT molecular complexity index is 465. The van der Waals surface area contributed by atoms with Gasteiger partial charge in [-0.3, -0.25) is 4.79 Å². The fourth-order valence-electron chi connectivity index (χ4n) is 2.40. The summed E-state index contributed by atoms with van der Waals surface area (Å²) in [5, 5.41) is 3.84. The molecule has 0 saturated heterocycles. The molecule has 0 aliphatic heterocycles. The second kappa shape index (κ2) is 6.60. The molecule has 1 aromatic carbocycles. The van der Waals surface area contributed by atoms with E-state index in [9.17, 15) is 4.79 Å². The van der Waals surface area contributed by atoms with Gasteiger partial charge in [0.15, 0.2) is 0 Å². The first kappa shape index (κ1) is 14.6. The summed E-state index contributed by atoms with van der Waals surface area (Å²) < 4.78 is 0. The second-order valence-electron chi connectivity index (χ2n) is 5.01. The van der Waals surface area contributed by atoms with Crippen LogP contribution >= 0.6 is 23.2 Å². The first-order valence-corrected chi connectivity index (χ1v) is 7.35. The van der Waals surface area contributed by atoms with E-state index in [1.54, 1.807) is 18.2 Å². The first-order valence-electron chi connectivity index (χ1n) is 6.59. The summed E-state index contributed by atoms with van der Waals surface area (Å²) >= 11 is 11.8. The van der Waals surface area contributed by atoms with Gasteiger partial charge in [-0.15, -0.1) is 0 Å². The molecule has 1 aliphatic carbocycles. The molecule has 1 amide bonds. The lowest BCUT2D eigenvalue weighted by atomic mass is 10.0. The molecule has 2 rings (SSSR count). The van der Waals surface area contributed by atoms with Crippen LogP contribution in [0, 0.1) is 0 Å². The molecule has 2 unspecified atom stereocenters. The van der Waals surface area contributed by atoms with Crippen molar-refractivity contribution in [2.45, 2.75) is 44.2 Å². The first-order chi connectivity index (χ1) is 9.08. The van der Waals surface area contributed by atoms with Crippen LogP contribution in [-0.2, 0) is 0 Å². The molecule has 3 nitrogen and oxygen atoms in total. The van der Waals surface area contributed by atoms with Crippen LogP contribution in [0.15, 0.2) is 18.2 Å². The molecule has 19 heavy (non-hydrogen) atoms. The van der Waals surface area contributed by atoms with Gasteiger partial charge in [-0.25, -0.2) is 0 Å². The van der Waals surface area contributed by atoms with Crippen molar-refractivity contribution in [1.29, 1.82) is 0 Å². The van der Waals surface area contributed by atoms with Gasteiger partial charge in [-0.1, -0.05) is 42.5 Å². The van der Waals surface area contributed by atoms with Crippen LogP contribution in [0.2, 0.25) is 10.0 Å². The normalized spacial score (nSPS) is 23.7. The number of hydrogen-bond donors (Lipinski definition) is 2. The van der Waals surface area contributed by atoms with E-state index in [-0.39, 0.29) is 18.0 Å². The van der Waals surface area contributed by atoms with Gasteiger partial charge in [0.25, 0.3) is 5.91 Å². The molecular weight excluding hydrogens is 283 g/mol. The van der Waals surface area contributed by atoms with Crippen molar-refractivity contribution >= 4 is 29.1 Å². The van der Waals surface area contributed by atoms with Gasteiger partial charge in [0, 0.05) is 17.6 Å². The average molecular weight is 301 g/mol. The largest absolute Gasteiger partial charge is 0.348 e. The molecule has 1 fully saturated rings. The van der Waals surface area contributed by atoms with Crippen molar-refractivity contribution in [3.05, 3.63) is 33.8 Å². The maximum Gasteiger partial charge on any atom is 0.251 e. The van der Waals surface area contributed by atoms with E-state index in [1.807, 2.05) is 0 Å². The molecular formula is C14H18Cl2N2O. The van der Waals surface area contributed by atoms with Crippen LogP contribution in [0.5, 0.6) is 0 Å². The van der Waals surface area contributed by atoms with Crippen LogP contribution in [0.3, 0.4) is 0 Å². The van der Waals surface area contributed by atoms with Gasteiger partial charge < -0.3 is 11.1 Å². The lowest BCUT2D eigenvalue weighted by Crippen LogP contribution is -2.46. The molecule has 0 bridgehead atoms. The lowest BCUT2D eigenvalue weighted by molar-refractivity contribution is 0.0929. The number of benzene rings is 1. The van der Waals surface area contributed by atoms with Gasteiger partial charge in [-0.2, -0.15) is 0 Å². The van der Waals surface area contributed by atoms with E-state index in [0.29, 0.717) is 15.6 Å². The highest BCUT2D eigenvalue weighted by Crippen LogP contribution is 2.23. The molecule has 2 atom stereocenters. The van der Waals surface area contributed by atoms with Crippen molar-refractivity contribution in [3.63, 3.8) is 0 Å². The molecule has 104 valence electrons. The maximum atomic E-state index is 12.2. The van der Waals surface area contributed by atoms with Crippen molar-refractivity contribution in [2.24, 2.45) is 5.73 Å². The summed E-state index contributed by atoms with van der Waals surface area (Å²) in [6.45, 7) is 0. The molecule has 0 heterocycles. The predicted octanol–water partition coefficient (Wildman–Crippen LogP) is 3.38. The number of nitrogens with two attached hydrogens (primary N) is 1. The Kier molecular flexibility index (Phi) is 5.08. The van der Waals surface area contributed by atoms with Gasteiger partial charge in [-0.05, 0) is 31.0 Å². The Labute approximate surface area is 123 Å². The van der Waals surface area contributed by atoms with E-state index in [2.05, 4.69) is 5.32 Å². The Hall–Kier alpha value is -0.770. The summed E-state index contributed by atoms with van der Waals surface area (Å²) in [4.78, 5) is 12.2. The van der Waals surface area contributed by atoms with Crippen molar-refractivity contribution in [1.82, 2.24) is 5.32 Å². The highest BCUT2D eigenvalue weighted by Gasteiger charge is 2.22. The smallest absolute Gasteiger partial charge is 0.251 e. The molecule has 5 heteroatoms. The number of carbonyl (C=O) groups is 1. The van der Waals surface area contributed by atoms with Gasteiger partial charge >= 0.3 is 0 Å². The van der Waals surface area contributed by atoms with E-state index >= 15 is 0 Å². The minimum absolute atomic E-state index is 0.0363. The van der Waals surface area contributed by atoms with Gasteiger partial charge in [0.05, 0.1) is 10.0 Å². The lowest BCUT2D eigenvalue weighted by Gasteiger charge is -2.22. The maximum absolute atomic E-state index is 12.2. The van der Waals surface area contributed by atoms with Crippen LogP contribution in [0.4, 0.5) is 0 Å². The minimum Gasteiger partial charge on any atom is -0.348 e. The van der Waals surface area contributed by atoms with E-state index in [1.165, 1.54) is 6.42 Å². The molecule has 1 saturated carbocycles. The fraction of sp³-hybridized carbons (Fsp3) is 0.500.